The van der Waals surface area contributed by atoms with Crippen molar-refractivity contribution in [1.29, 1.82) is 0 Å². The van der Waals surface area contributed by atoms with Crippen LogP contribution in [-0.2, 0) is 0 Å². The smallest absolute Gasteiger partial charge is 0.323 e. The average Bonchev–Trinajstić information content (AvgIpc) is 2.83. The van der Waals surface area contributed by atoms with Gasteiger partial charge in [0.05, 0.1) is 6.54 Å². The quantitative estimate of drug-likeness (QED) is 0.799. The van der Waals surface area contributed by atoms with Crippen molar-refractivity contribution in [2.45, 2.75) is 0 Å². The van der Waals surface area contributed by atoms with Gasteiger partial charge in [-0.25, -0.2) is 4.79 Å². The van der Waals surface area contributed by atoms with Gasteiger partial charge in [0, 0.05) is 5.75 Å². The fraction of sp³-hybridized carbons (Fsp3) is 0.273. The number of amidine groups is 1. The Morgan fingerprint density at radius 3 is 2.94 bits per heavy atom. The van der Waals surface area contributed by atoms with Crippen molar-refractivity contribution in [1.82, 2.24) is 10.6 Å². The third-order valence-corrected chi connectivity index (χ3v) is 2.91. The molecule has 1 heterocycles. The first kappa shape index (κ1) is 11.8. The molecule has 1 aliphatic heterocycles. The van der Waals surface area contributed by atoms with Gasteiger partial charge >= 0.3 is 6.03 Å². The molecule has 0 aliphatic carbocycles. The van der Waals surface area contributed by atoms with Crippen molar-refractivity contribution in [3.05, 3.63) is 30.3 Å². The van der Waals surface area contributed by atoms with E-state index in [2.05, 4.69) is 15.6 Å². The zero-order valence-electron chi connectivity index (χ0n) is 9.18. The largest absolute Gasteiger partial charge is 0.473 e. The molecular weight excluding hydrogens is 238 g/mol. The number of amides is 2. The highest BCUT2D eigenvalue weighted by molar-refractivity contribution is 8.14. The Labute approximate surface area is 104 Å². The van der Waals surface area contributed by atoms with E-state index in [0.717, 1.165) is 18.0 Å². The van der Waals surface area contributed by atoms with Gasteiger partial charge in [0.15, 0.2) is 11.9 Å². The van der Waals surface area contributed by atoms with Crippen LogP contribution >= 0.6 is 11.8 Å². The summed E-state index contributed by atoms with van der Waals surface area (Å²) in [6.45, 7) is 0.897. The molecule has 2 rings (SSSR count). The summed E-state index contributed by atoms with van der Waals surface area (Å²) in [7, 11) is 0. The molecular formula is C11H13N3O2S. The van der Waals surface area contributed by atoms with Gasteiger partial charge in [-0.3, -0.25) is 10.3 Å². The van der Waals surface area contributed by atoms with E-state index >= 15 is 0 Å². The van der Waals surface area contributed by atoms with Crippen LogP contribution in [0.25, 0.3) is 0 Å². The first-order valence-corrected chi connectivity index (χ1v) is 6.23. The minimum absolute atomic E-state index is 0.133. The molecule has 0 bridgehead atoms. The molecule has 1 aromatic rings. The molecule has 2 amide bonds. The van der Waals surface area contributed by atoms with Crippen LogP contribution in [0.4, 0.5) is 4.79 Å². The van der Waals surface area contributed by atoms with E-state index in [1.54, 1.807) is 0 Å². The van der Waals surface area contributed by atoms with Crippen LogP contribution in [0.2, 0.25) is 0 Å². The van der Waals surface area contributed by atoms with Gasteiger partial charge in [-0.05, 0) is 12.1 Å². The van der Waals surface area contributed by atoms with Crippen molar-refractivity contribution in [2.24, 2.45) is 4.99 Å². The maximum atomic E-state index is 11.4. The Bertz CT molecular complexity index is 408. The number of benzene rings is 1. The van der Waals surface area contributed by atoms with Gasteiger partial charge in [-0.15, -0.1) is 0 Å². The molecule has 0 aromatic heterocycles. The van der Waals surface area contributed by atoms with Crippen LogP contribution in [0.1, 0.15) is 0 Å². The van der Waals surface area contributed by atoms with E-state index in [-0.39, 0.29) is 12.8 Å². The van der Waals surface area contributed by atoms with Crippen LogP contribution < -0.4 is 15.4 Å². The predicted octanol–water partition coefficient (Wildman–Crippen LogP) is 1.42. The number of aliphatic imine (C=N–C) groups is 1. The third kappa shape index (κ3) is 3.99. The number of carbonyl (C=O) groups is 1. The van der Waals surface area contributed by atoms with Crippen molar-refractivity contribution >= 4 is 23.0 Å². The SMILES string of the molecule is O=C(NCOc1ccccc1)NC1=NCCS1. The van der Waals surface area contributed by atoms with E-state index in [1.807, 2.05) is 30.3 Å². The zero-order chi connectivity index (χ0) is 11.9. The number of ether oxygens (including phenoxy) is 1. The lowest BCUT2D eigenvalue weighted by Crippen LogP contribution is -2.39. The number of hydrogen-bond donors (Lipinski definition) is 2. The molecule has 0 fully saturated rings. The highest BCUT2D eigenvalue weighted by Crippen LogP contribution is 2.09. The van der Waals surface area contributed by atoms with E-state index < -0.39 is 0 Å². The molecule has 0 spiro atoms. The molecule has 2 N–H and O–H groups in total. The molecule has 17 heavy (non-hydrogen) atoms. The molecule has 0 saturated carbocycles. The van der Waals surface area contributed by atoms with Gasteiger partial charge in [0.2, 0.25) is 0 Å². The van der Waals surface area contributed by atoms with Crippen molar-refractivity contribution in [3.8, 4) is 5.75 Å². The molecule has 0 radical (unpaired) electrons. The second kappa shape index (κ2) is 6.15. The summed E-state index contributed by atoms with van der Waals surface area (Å²) in [4.78, 5) is 15.5. The molecule has 0 unspecified atom stereocenters. The van der Waals surface area contributed by atoms with Crippen molar-refractivity contribution < 1.29 is 9.53 Å². The lowest BCUT2D eigenvalue weighted by molar-refractivity contribution is 0.228. The van der Waals surface area contributed by atoms with Crippen LogP contribution in [0, 0.1) is 0 Å². The van der Waals surface area contributed by atoms with Crippen LogP contribution in [-0.4, -0.2) is 30.2 Å². The monoisotopic (exact) mass is 251 g/mol. The first-order valence-electron chi connectivity index (χ1n) is 5.24. The number of rotatable bonds is 3. The van der Waals surface area contributed by atoms with Gasteiger partial charge in [0.25, 0.3) is 0 Å². The Balaban J connectivity index is 1.66. The normalized spacial score (nSPS) is 14.0. The van der Waals surface area contributed by atoms with Crippen molar-refractivity contribution in [2.75, 3.05) is 19.0 Å². The number of nitrogens with one attached hydrogen (secondary N) is 2. The first-order chi connectivity index (χ1) is 8.34. The zero-order valence-corrected chi connectivity index (χ0v) is 10.00. The molecule has 0 atom stereocenters. The van der Waals surface area contributed by atoms with Crippen LogP contribution in [0.3, 0.4) is 0 Å². The van der Waals surface area contributed by atoms with E-state index in [9.17, 15) is 4.79 Å². The number of para-hydroxylation sites is 1. The van der Waals surface area contributed by atoms with E-state index in [0.29, 0.717) is 5.17 Å². The highest BCUT2D eigenvalue weighted by atomic mass is 32.2. The Hall–Kier alpha value is -1.69. The van der Waals surface area contributed by atoms with Crippen LogP contribution in [0.5, 0.6) is 5.75 Å². The maximum Gasteiger partial charge on any atom is 0.323 e. The standard InChI is InChI=1S/C11H13N3O2S/c15-10(14-11-12-6-7-17-11)13-8-16-9-4-2-1-3-5-9/h1-5H,6-8H2,(H2,12,13,14,15). The summed E-state index contributed by atoms with van der Waals surface area (Å²) in [5.74, 6) is 1.65. The summed E-state index contributed by atoms with van der Waals surface area (Å²) in [6, 6.07) is 9.02. The fourth-order valence-corrected chi connectivity index (χ4v) is 1.98. The second-order valence-electron chi connectivity index (χ2n) is 3.27. The van der Waals surface area contributed by atoms with E-state index in [1.165, 1.54) is 11.8 Å². The van der Waals surface area contributed by atoms with Gasteiger partial charge in [-0.2, -0.15) is 0 Å². The average molecular weight is 251 g/mol. The summed E-state index contributed by atoms with van der Waals surface area (Å²) >= 11 is 1.54. The second-order valence-corrected chi connectivity index (χ2v) is 4.35. The lowest BCUT2D eigenvalue weighted by Gasteiger charge is -2.08. The summed E-state index contributed by atoms with van der Waals surface area (Å²) < 4.78 is 5.32. The summed E-state index contributed by atoms with van der Waals surface area (Å²) in [6.07, 6.45) is 0. The molecule has 5 nitrogen and oxygen atoms in total. The summed E-state index contributed by atoms with van der Waals surface area (Å²) in [5.41, 5.74) is 0. The Kier molecular flexibility index (Phi) is 4.26. The number of urea groups is 1. The lowest BCUT2D eigenvalue weighted by atomic mass is 10.3. The van der Waals surface area contributed by atoms with Crippen LogP contribution in [0.15, 0.2) is 35.3 Å². The Morgan fingerprint density at radius 1 is 1.41 bits per heavy atom. The van der Waals surface area contributed by atoms with Crippen molar-refractivity contribution in [3.63, 3.8) is 0 Å². The van der Waals surface area contributed by atoms with Gasteiger partial charge in [0.1, 0.15) is 5.75 Å². The molecule has 1 aliphatic rings. The van der Waals surface area contributed by atoms with E-state index in [4.69, 9.17) is 4.74 Å². The topological polar surface area (TPSA) is 62.7 Å². The van der Waals surface area contributed by atoms with Gasteiger partial charge < -0.3 is 10.1 Å². The predicted molar refractivity (Wildman–Crippen MR) is 68.4 cm³/mol. The number of nitrogens with zero attached hydrogens (tertiary/aromatic N) is 1. The summed E-state index contributed by atoms with van der Waals surface area (Å²) in [5, 5.41) is 5.91. The maximum absolute atomic E-state index is 11.4. The molecule has 0 saturated heterocycles. The molecule has 6 heteroatoms. The minimum Gasteiger partial charge on any atom is -0.473 e. The third-order valence-electron chi connectivity index (χ3n) is 2.02. The fourth-order valence-electron chi connectivity index (χ4n) is 1.25. The minimum atomic E-state index is -0.297. The molecule has 1 aromatic carbocycles. The molecule has 90 valence electrons. The Morgan fingerprint density at radius 2 is 2.24 bits per heavy atom. The van der Waals surface area contributed by atoms with Gasteiger partial charge in [-0.1, -0.05) is 30.0 Å². The number of hydrogen-bond acceptors (Lipinski definition) is 4. The highest BCUT2D eigenvalue weighted by Gasteiger charge is 2.09. The number of carbonyl (C=O) groups excluding carboxylic acids is 1. The number of thioether (sulfide) groups is 1.